The summed E-state index contributed by atoms with van der Waals surface area (Å²) in [7, 11) is -2.28. The second kappa shape index (κ2) is 8.49. The molecule has 0 aliphatic carbocycles. The first-order valence-corrected chi connectivity index (χ1v) is 12.1. The van der Waals surface area contributed by atoms with Crippen molar-refractivity contribution in [3.63, 3.8) is 0 Å². The molecule has 1 aliphatic rings. The van der Waals surface area contributed by atoms with Crippen LogP contribution in [0.25, 0.3) is 0 Å². The monoisotopic (exact) mass is 450 g/mol. The number of amides is 1. The van der Waals surface area contributed by atoms with Gasteiger partial charge in [-0.05, 0) is 44.4 Å². The summed E-state index contributed by atoms with van der Waals surface area (Å²) < 4.78 is 40.5. The van der Waals surface area contributed by atoms with Crippen LogP contribution in [0.15, 0.2) is 46.2 Å². The molecule has 1 unspecified atom stereocenters. The number of nitrogens with one attached hydrogen (secondary N) is 2. The molecular weight excluding hydrogens is 424 g/mol. The summed E-state index contributed by atoms with van der Waals surface area (Å²) >= 11 is 1.43. The maximum Gasteiger partial charge on any atom is 0.241 e. The van der Waals surface area contributed by atoms with Gasteiger partial charge in [0.25, 0.3) is 0 Å². The molecule has 0 aromatic heterocycles. The minimum atomic E-state index is -3.85. The summed E-state index contributed by atoms with van der Waals surface area (Å²) in [5, 5.41) is 2.70. The van der Waals surface area contributed by atoms with Gasteiger partial charge in [-0.2, -0.15) is 0 Å². The first-order chi connectivity index (χ1) is 14.0. The van der Waals surface area contributed by atoms with Crippen LogP contribution in [0.1, 0.15) is 38.8 Å². The Morgan fingerprint density at radius 2 is 1.97 bits per heavy atom. The number of rotatable bonds is 6. The average molecular weight is 451 g/mol. The molecule has 2 N–H and O–H groups in total. The maximum absolute atomic E-state index is 13.2. The lowest BCUT2D eigenvalue weighted by Gasteiger charge is -2.37. The van der Waals surface area contributed by atoms with E-state index >= 15 is 0 Å². The lowest BCUT2D eigenvalue weighted by molar-refractivity contribution is -0.114. The van der Waals surface area contributed by atoms with Gasteiger partial charge in [0.15, 0.2) is 0 Å². The fraction of sp³-hybridized carbons (Fsp3) is 0.381. The molecule has 0 radical (unpaired) electrons. The molecule has 9 heteroatoms. The number of benzene rings is 2. The molecule has 1 aliphatic heterocycles. The fourth-order valence-corrected chi connectivity index (χ4v) is 5.24. The maximum atomic E-state index is 13.2. The standard InChI is InChI=1S/C21H26N2O5S2/c1-13(24)22-17-11-15(7-9-20(17)29-5)30(25,26)23-18-12-21(2,3)28-19-10-14(27-4)6-8-16(18)19/h6-11,18,23H,12H2,1-5H3,(H,22,24). The summed E-state index contributed by atoms with van der Waals surface area (Å²) in [4.78, 5) is 12.4. The zero-order valence-electron chi connectivity index (χ0n) is 17.6. The Labute approximate surface area is 181 Å². The van der Waals surface area contributed by atoms with Crippen LogP contribution in [0, 0.1) is 0 Å². The quantitative estimate of drug-likeness (QED) is 0.647. The number of carbonyl (C=O) groups is 1. The van der Waals surface area contributed by atoms with Crippen LogP contribution in [-0.2, 0) is 14.8 Å². The topological polar surface area (TPSA) is 93.7 Å². The van der Waals surface area contributed by atoms with Crippen molar-refractivity contribution in [2.24, 2.45) is 0 Å². The van der Waals surface area contributed by atoms with Crippen LogP contribution >= 0.6 is 11.8 Å². The third-order valence-corrected chi connectivity index (χ3v) is 7.03. The summed E-state index contributed by atoms with van der Waals surface area (Å²) in [6, 6.07) is 9.61. The highest BCUT2D eigenvalue weighted by Gasteiger charge is 2.36. The smallest absolute Gasteiger partial charge is 0.241 e. The molecule has 0 saturated heterocycles. The molecule has 30 heavy (non-hydrogen) atoms. The zero-order valence-corrected chi connectivity index (χ0v) is 19.2. The van der Waals surface area contributed by atoms with Crippen molar-refractivity contribution in [1.29, 1.82) is 0 Å². The van der Waals surface area contributed by atoms with Gasteiger partial charge in [-0.25, -0.2) is 13.1 Å². The molecule has 1 heterocycles. The van der Waals surface area contributed by atoms with Gasteiger partial charge in [-0.15, -0.1) is 11.8 Å². The van der Waals surface area contributed by atoms with Gasteiger partial charge < -0.3 is 14.8 Å². The largest absolute Gasteiger partial charge is 0.497 e. The molecule has 1 atom stereocenters. The normalized spacial score (nSPS) is 17.6. The molecule has 0 saturated carbocycles. The number of anilines is 1. The van der Waals surface area contributed by atoms with Gasteiger partial charge in [-0.1, -0.05) is 6.07 Å². The summed E-state index contributed by atoms with van der Waals surface area (Å²) in [5.41, 5.74) is 0.660. The van der Waals surface area contributed by atoms with Crippen LogP contribution in [0.2, 0.25) is 0 Å². The Morgan fingerprint density at radius 3 is 2.60 bits per heavy atom. The third kappa shape index (κ3) is 4.91. The summed E-state index contributed by atoms with van der Waals surface area (Å²) in [6.45, 7) is 5.22. The van der Waals surface area contributed by atoms with E-state index in [9.17, 15) is 13.2 Å². The van der Waals surface area contributed by atoms with Crippen LogP contribution in [0.5, 0.6) is 11.5 Å². The number of methoxy groups -OCH3 is 1. The average Bonchev–Trinajstić information content (AvgIpc) is 2.65. The van der Waals surface area contributed by atoms with Gasteiger partial charge in [0.1, 0.15) is 17.1 Å². The van der Waals surface area contributed by atoms with Gasteiger partial charge in [0.2, 0.25) is 15.9 Å². The highest BCUT2D eigenvalue weighted by atomic mass is 32.2. The Kier molecular flexibility index (Phi) is 6.35. The van der Waals surface area contributed by atoms with E-state index in [1.54, 1.807) is 31.4 Å². The zero-order chi connectivity index (χ0) is 22.1. The van der Waals surface area contributed by atoms with Crippen LogP contribution in [0.3, 0.4) is 0 Å². The number of fused-ring (bicyclic) bond motifs is 1. The number of ether oxygens (including phenoxy) is 2. The molecular formula is C21H26N2O5S2. The second-order valence-corrected chi connectivity index (χ2v) is 10.2. The van der Waals surface area contributed by atoms with Crippen molar-refractivity contribution in [3.05, 3.63) is 42.0 Å². The molecule has 3 rings (SSSR count). The van der Waals surface area contributed by atoms with Gasteiger partial charge >= 0.3 is 0 Å². The van der Waals surface area contributed by atoms with Crippen molar-refractivity contribution in [3.8, 4) is 11.5 Å². The fourth-order valence-electron chi connectivity index (χ4n) is 3.46. The van der Waals surface area contributed by atoms with E-state index in [1.807, 2.05) is 26.2 Å². The highest BCUT2D eigenvalue weighted by molar-refractivity contribution is 7.98. The molecule has 0 bridgehead atoms. The number of carbonyl (C=O) groups excluding carboxylic acids is 1. The van der Waals surface area contributed by atoms with Gasteiger partial charge in [0, 0.05) is 29.9 Å². The highest BCUT2D eigenvalue weighted by Crippen LogP contribution is 2.42. The van der Waals surface area contributed by atoms with E-state index in [4.69, 9.17) is 9.47 Å². The van der Waals surface area contributed by atoms with E-state index in [0.29, 0.717) is 23.6 Å². The molecule has 7 nitrogen and oxygen atoms in total. The van der Waals surface area contributed by atoms with Gasteiger partial charge in [-0.3, -0.25) is 4.79 Å². The van der Waals surface area contributed by atoms with Crippen LogP contribution in [-0.4, -0.2) is 33.3 Å². The van der Waals surface area contributed by atoms with Crippen molar-refractivity contribution in [2.45, 2.75) is 48.6 Å². The minimum Gasteiger partial charge on any atom is -0.497 e. The molecule has 0 spiro atoms. The molecule has 0 fully saturated rings. The minimum absolute atomic E-state index is 0.0865. The predicted octanol–water partition coefficient (Wildman–Crippen LogP) is 3.96. The van der Waals surface area contributed by atoms with E-state index in [2.05, 4.69) is 10.0 Å². The van der Waals surface area contributed by atoms with E-state index in [0.717, 1.165) is 10.5 Å². The van der Waals surface area contributed by atoms with Crippen LogP contribution < -0.4 is 19.5 Å². The van der Waals surface area contributed by atoms with E-state index in [-0.39, 0.29) is 10.8 Å². The van der Waals surface area contributed by atoms with Crippen molar-refractivity contribution in [1.82, 2.24) is 4.72 Å². The summed E-state index contributed by atoms with van der Waals surface area (Å²) in [6.07, 6.45) is 2.33. The van der Waals surface area contributed by atoms with Gasteiger partial charge in [0.05, 0.1) is 23.7 Å². The van der Waals surface area contributed by atoms with Crippen molar-refractivity contribution >= 4 is 33.4 Å². The lowest BCUT2D eigenvalue weighted by Crippen LogP contribution is -2.41. The predicted molar refractivity (Wildman–Crippen MR) is 118 cm³/mol. The third-order valence-electron chi connectivity index (χ3n) is 4.77. The Hall–Kier alpha value is -2.23. The molecule has 162 valence electrons. The first kappa shape index (κ1) is 22.5. The van der Waals surface area contributed by atoms with E-state index in [1.165, 1.54) is 24.8 Å². The number of hydrogen-bond donors (Lipinski definition) is 2. The number of hydrogen-bond acceptors (Lipinski definition) is 6. The van der Waals surface area contributed by atoms with E-state index < -0.39 is 21.7 Å². The lowest BCUT2D eigenvalue weighted by atomic mass is 9.90. The van der Waals surface area contributed by atoms with Crippen molar-refractivity contribution in [2.75, 3.05) is 18.7 Å². The number of thioether (sulfide) groups is 1. The Balaban J connectivity index is 1.96. The first-order valence-electron chi connectivity index (χ1n) is 9.39. The number of sulfonamides is 1. The Morgan fingerprint density at radius 1 is 1.23 bits per heavy atom. The molecule has 2 aromatic rings. The SMILES string of the molecule is COc1ccc2c(c1)OC(C)(C)CC2NS(=O)(=O)c1ccc(SC)c(NC(C)=O)c1. The molecule has 2 aromatic carbocycles. The molecule has 1 amide bonds. The summed E-state index contributed by atoms with van der Waals surface area (Å²) in [5.74, 6) is 0.970. The van der Waals surface area contributed by atoms with Crippen LogP contribution in [0.4, 0.5) is 5.69 Å². The second-order valence-electron chi connectivity index (χ2n) is 7.69. The Bertz CT molecular complexity index is 1070. The van der Waals surface area contributed by atoms with Crippen molar-refractivity contribution < 1.29 is 22.7 Å².